The molecule has 0 saturated heterocycles. The summed E-state index contributed by atoms with van der Waals surface area (Å²) >= 11 is 0. The van der Waals surface area contributed by atoms with Gasteiger partial charge in [-0.3, -0.25) is 19.2 Å². The molecular formula is C85H86F8N20O10S. The molecule has 0 aliphatic heterocycles. The lowest BCUT2D eigenvalue weighted by atomic mass is 9.64. The van der Waals surface area contributed by atoms with E-state index in [2.05, 4.69) is 103 Å². The number of rotatable bonds is 26. The largest absolute Gasteiger partial charge is 0.481 e. The summed E-state index contributed by atoms with van der Waals surface area (Å²) in [5, 5.41) is 32.2. The third-order valence-corrected chi connectivity index (χ3v) is 25.8. The van der Waals surface area contributed by atoms with E-state index in [0.717, 1.165) is 142 Å². The van der Waals surface area contributed by atoms with Gasteiger partial charge in [0.25, 0.3) is 10.0 Å². The summed E-state index contributed by atoms with van der Waals surface area (Å²) < 4.78 is 151. The van der Waals surface area contributed by atoms with Crippen molar-refractivity contribution in [3.05, 3.63) is 175 Å². The van der Waals surface area contributed by atoms with Crippen molar-refractivity contribution in [1.29, 1.82) is 0 Å². The molecule has 30 nitrogen and oxygen atoms in total. The number of carboxylic acid groups (broad SMARTS) is 2. The number of pyridine rings is 4. The van der Waals surface area contributed by atoms with Gasteiger partial charge in [0.15, 0.2) is 75.5 Å². The minimum Gasteiger partial charge on any atom is -0.481 e. The monoisotopic (exact) mass is 1730 g/mol. The van der Waals surface area contributed by atoms with Crippen LogP contribution in [0.25, 0.3) is 89.7 Å². The Morgan fingerprint density at radius 2 is 0.718 bits per heavy atom. The van der Waals surface area contributed by atoms with Gasteiger partial charge in [-0.05, 0) is 116 Å². The van der Waals surface area contributed by atoms with Gasteiger partial charge in [-0.2, -0.15) is 0 Å². The molecule has 39 heteroatoms. The van der Waals surface area contributed by atoms with E-state index in [9.17, 15) is 72.9 Å². The quantitative estimate of drug-likeness (QED) is 0.0180. The SMILES string of the molecule is CC1([C@@H](CC(=O)O)Nc2nc(-c3c[nH]c4ncc(F)cc34)ncc2F)CCC1.CC1([C@H](CC(=O)O)Nc2nc(-c3c[nH]c4ncc(F)cc34)ncc2F)CCC1.COC(=O)CC(Nc1nc(-c2c[nH]c3ncc(F)cc23)ncc1F)C1(C)CCC1.COC(=O)CC(Nc1nc(-c2cn(S(=O)(=O)c3ccc(C)cc3)c3ncc(F)cc23)ncc1F)C1(C)CCC1. The Bertz CT molecular complexity index is 6150. The Kier molecular flexibility index (Phi) is 25.1. The number of H-pyrrole nitrogens is 3. The standard InChI is InChI=1S/C27H27F2N5O4S.C20H21F2N5O2.2C19H19F2N5O2/c1-16-5-7-18(8-6-16)39(36,37)34-15-20(19-11-17(28)13-31-26(19)34)24-30-14-21(29)25(33-24)32-22(12-23(35)38-3)27(2)9-4-10-27;1-20(4-3-5-20)15(7-16(28)29-2)26-19-14(22)10-25-18(27-19)13-9-24-17-12(13)6-11(21)8-23-17;2*1-19(3-2-4-19)14(6-15(27)28)25-18-13(21)9-24-17(26-18)12-8-23-16-11(12)5-10(20)7-22-16/h5-8,11,13-15,22H,4,9-10,12H2,1-3H3,(H,30,32,33);6,8-10,15H,3-5,7H2,1-2H3,(H,23,24)(H,25,26,27);2*5,7-9,14H,2-4,6H2,1H3,(H,22,23)(H,27,28)(H,24,25,26)/t;;2*14-/m..10/s1. The summed E-state index contributed by atoms with van der Waals surface area (Å²) in [6, 6.07) is 9.63. The van der Waals surface area contributed by atoms with Gasteiger partial charge in [0.1, 0.15) is 40.2 Å². The maximum atomic E-state index is 14.9. The highest BCUT2D eigenvalue weighted by atomic mass is 32.2. The summed E-state index contributed by atoms with van der Waals surface area (Å²) in [7, 11) is -1.50. The van der Waals surface area contributed by atoms with Crippen LogP contribution in [0.4, 0.5) is 58.4 Å². The molecule has 0 radical (unpaired) electrons. The van der Waals surface area contributed by atoms with Crippen molar-refractivity contribution in [1.82, 2.24) is 78.7 Å². The number of aromatic amines is 3. The second-order valence-electron chi connectivity index (χ2n) is 32.6. The minimum atomic E-state index is -4.12. The number of benzene rings is 1. The first-order valence-corrected chi connectivity index (χ1v) is 41.2. The number of aromatic nitrogens is 16. The molecule has 12 aromatic heterocycles. The van der Waals surface area contributed by atoms with Crippen molar-refractivity contribution >= 4 is 101 Å². The van der Waals surface area contributed by atoms with E-state index in [1.54, 1.807) is 30.7 Å². The van der Waals surface area contributed by atoms with E-state index in [4.69, 9.17) is 9.47 Å². The number of methoxy groups -OCH3 is 2. The smallest absolute Gasteiger partial charge is 0.307 e. The summed E-state index contributed by atoms with van der Waals surface area (Å²) in [5.41, 5.74) is 3.00. The molecule has 648 valence electrons. The average molecular weight is 1730 g/mol. The van der Waals surface area contributed by atoms with Gasteiger partial charge in [-0.25, -0.2) is 107 Å². The molecule has 4 saturated carbocycles. The van der Waals surface area contributed by atoms with Gasteiger partial charge in [0.2, 0.25) is 0 Å². The summed E-state index contributed by atoms with van der Waals surface area (Å²) in [6.45, 7) is 9.89. The van der Waals surface area contributed by atoms with Crippen LogP contribution in [-0.4, -0.2) is 160 Å². The van der Waals surface area contributed by atoms with Crippen molar-refractivity contribution < 1.29 is 82.4 Å². The number of anilines is 4. The number of esters is 2. The predicted molar refractivity (Wildman–Crippen MR) is 441 cm³/mol. The second-order valence-corrected chi connectivity index (χ2v) is 34.4. The Morgan fingerprint density at radius 1 is 0.427 bits per heavy atom. The number of ether oxygens (including phenoxy) is 2. The summed E-state index contributed by atoms with van der Waals surface area (Å²) in [6.07, 6.45) is 25.2. The predicted octanol–water partition coefficient (Wildman–Crippen LogP) is 16.2. The molecular weight excluding hydrogens is 1650 g/mol. The number of fused-ring (bicyclic) bond motifs is 4. The molecule has 13 aromatic rings. The number of carbonyl (C=O) groups excluding carboxylic acids is 2. The highest BCUT2D eigenvalue weighted by molar-refractivity contribution is 7.90. The maximum absolute atomic E-state index is 14.9. The van der Waals surface area contributed by atoms with Gasteiger partial charge < -0.3 is 55.9 Å². The Hall–Kier alpha value is -13.2. The Balaban J connectivity index is 0.000000136. The van der Waals surface area contributed by atoms with Crippen molar-refractivity contribution in [3.63, 3.8) is 0 Å². The van der Waals surface area contributed by atoms with E-state index >= 15 is 0 Å². The molecule has 0 amide bonds. The lowest BCUT2D eigenvalue weighted by molar-refractivity contribution is -0.142. The minimum absolute atomic E-state index is 0.00394. The molecule has 4 aliphatic rings. The molecule has 4 aliphatic carbocycles. The van der Waals surface area contributed by atoms with Crippen LogP contribution in [0.15, 0.2) is 128 Å². The van der Waals surface area contributed by atoms with Crippen molar-refractivity contribution in [2.45, 2.75) is 166 Å². The van der Waals surface area contributed by atoms with Gasteiger partial charge in [-0.15, -0.1) is 0 Å². The molecule has 4 atom stereocenters. The van der Waals surface area contributed by atoms with Crippen LogP contribution in [0.3, 0.4) is 0 Å². The maximum Gasteiger partial charge on any atom is 0.307 e. The van der Waals surface area contributed by atoms with Crippen molar-refractivity contribution in [3.8, 4) is 45.6 Å². The Morgan fingerprint density at radius 3 is 1.01 bits per heavy atom. The van der Waals surface area contributed by atoms with E-state index in [-0.39, 0.29) is 127 Å². The topological polar surface area (TPSA) is 416 Å². The molecule has 0 bridgehead atoms. The van der Waals surface area contributed by atoms with E-state index in [0.29, 0.717) is 49.8 Å². The molecule has 0 spiro atoms. The lowest BCUT2D eigenvalue weighted by Gasteiger charge is -2.45. The van der Waals surface area contributed by atoms with E-state index in [1.807, 2.05) is 27.7 Å². The number of carbonyl (C=O) groups is 4. The zero-order valence-corrected chi connectivity index (χ0v) is 68.9. The number of aliphatic carboxylic acids is 2. The number of halogens is 8. The molecule has 9 N–H and O–H groups in total. The first-order chi connectivity index (χ1) is 59.1. The van der Waals surface area contributed by atoms with Gasteiger partial charge >= 0.3 is 23.9 Å². The fourth-order valence-corrected chi connectivity index (χ4v) is 17.2. The van der Waals surface area contributed by atoms with Crippen LogP contribution >= 0.6 is 0 Å². The number of nitrogens with zero attached hydrogens (tertiary/aromatic N) is 13. The fourth-order valence-electron chi connectivity index (χ4n) is 15.8. The first kappa shape index (κ1) is 87.1. The van der Waals surface area contributed by atoms with E-state index < -0.39 is 92.6 Å². The average Bonchev–Trinajstić information content (AvgIpc) is 1.59. The normalized spacial score (nSPS) is 16.2. The lowest BCUT2D eigenvalue weighted by Crippen LogP contribution is -2.45. The van der Waals surface area contributed by atoms with Gasteiger partial charge in [0.05, 0.1) is 94.4 Å². The number of carboxylic acids is 2. The van der Waals surface area contributed by atoms with E-state index in [1.165, 1.54) is 50.7 Å². The number of hydrogen-bond donors (Lipinski definition) is 9. The third-order valence-electron chi connectivity index (χ3n) is 24.1. The van der Waals surface area contributed by atoms with Crippen molar-refractivity contribution in [2.75, 3.05) is 35.5 Å². The third kappa shape index (κ3) is 18.7. The zero-order valence-electron chi connectivity index (χ0n) is 68.1. The van der Waals surface area contributed by atoms with Crippen LogP contribution < -0.4 is 21.3 Å². The zero-order chi connectivity index (χ0) is 88.3. The highest BCUT2D eigenvalue weighted by Crippen LogP contribution is 2.50. The van der Waals surface area contributed by atoms with Crippen LogP contribution in [0.5, 0.6) is 0 Å². The van der Waals surface area contributed by atoms with Gasteiger partial charge in [-0.1, -0.05) is 71.1 Å². The Labute approximate surface area is 703 Å². The second kappa shape index (κ2) is 35.7. The summed E-state index contributed by atoms with van der Waals surface area (Å²) in [4.78, 5) is 105. The molecule has 12 heterocycles. The molecule has 1 aromatic carbocycles. The molecule has 4 fully saturated rings. The summed E-state index contributed by atoms with van der Waals surface area (Å²) in [5.74, 6) is -7.39. The number of aryl methyl sites for hydroxylation is 1. The van der Waals surface area contributed by atoms with Crippen LogP contribution in [-0.2, 0) is 38.7 Å². The van der Waals surface area contributed by atoms with Crippen molar-refractivity contribution in [2.24, 2.45) is 21.7 Å². The van der Waals surface area contributed by atoms with Crippen LogP contribution in [0.1, 0.15) is 136 Å². The molecule has 124 heavy (non-hydrogen) atoms. The first-order valence-electron chi connectivity index (χ1n) is 39.7. The number of hydrogen-bond acceptors (Lipinski definition) is 24. The van der Waals surface area contributed by atoms with Crippen LogP contribution in [0.2, 0.25) is 0 Å². The highest BCUT2D eigenvalue weighted by Gasteiger charge is 2.45. The van der Waals surface area contributed by atoms with Crippen LogP contribution in [0, 0.1) is 75.1 Å². The number of nitrogens with one attached hydrogen (secondary N) is 7. The molecule has 2 unspecified atom stereocenters. The van der Waals surface area contributed by atoms with Gasteiger partial charge in [0, 0.05) is 92.8 Å². The fraction of sp³-hybridized carbons (Fsp3) is 0.365. The molecule has 17 rings (SSSR count).